The number of hydrogen-bond donors (Lipinski definition) is 3. The lowest BCUT2D eigenvalue weighted by Crippen LogP contribution is -2.45. The first kappa shape index (κ1) is 14.8. The number of anilines is 1. The molecular formula is C14H25N5O. The molecule has 1 atom stereocenters. The molecule has 1 unspecified atom stereocenters. The molecule has 0 radical (unpaired) electrons. The maximum Gasteiger partial charge on any atom is 0.274 e. The molecule has 0 bridgehead atoms. The van der Waals surface area contributed by atoms with Gasteiger partial charge in [0.25, 0.3) is 5.91 Å². The molecule has 2 rings (SSSR count). The number of nitrogen functional groups attached to an aromatic ring is 1. The Labute approximate surface area is 120 Å². The number of carbonyl (C=O) groups is 1. The van der Waals surface area contributed by atoms with Gasteiger partial charge in [-0.3, -0.25) is 9.89 Å². The highest BCUT2D eigenvalue weighted by atomic mass is 16.2. The second kappa shape index (κ2) is 5.83. The van der Waals surface area contributed by atoms with Crippen LogP contribution in [-0.2, 0) is 0 Å². The Balaban J connectivity index is 2.06. The third-order valence-corrected chi connectivity index (χ3v) is 3.72. The topological polar surface area (TPSA) is 87.0 Å². The van der Waals surface area contributed by atoms with Crippen molar-refractivity contribution in [1.29, 1.82) is 0 Å². The van der Waals surface area contributed by atoms with Crippen LogP contribution in [0.1, 0.15) is 48.8 Å². The minimum atomic E-state index is -0.189. The molecule has 0 spiro atoms. The molecule has 0 aliphatic heterocycles. The molecule has 112 valence electrons. The highest BCUT2D eigenvalue weighted by molar-refractivity contribution is 5.98. The van der Waals surface area contributed by atoms with Gasteiger partial charge in [0.15, 0.2) is 5.69 Å². The van der Waals surface area contributed by atoms with Gasteiger partial charge in [0.1, 0.15) is 0 Å². The van der Waals surface area contributed by atoms with Crippen molar-refractivity contribution in [2.24, 2.45) is 5.92 Å². The molecule has 1 aromatic rings. The summed E-state index contributed by atoms with van der Waals surface area (Å²) in [6, 6.07) is 0.0815. The Morgan fingerprint density at radius 2 is 2.15 bits per heavy atom. The molecule has 4 N–H and O–H groups in total. The van der Waals surface area contributed by atoms with Crippen LogP contribution in [0.2, 0.25) is 0 Å². The van der Waals surface area contributed by atoms with E-state index < -0.39 is 0 Å². The van der Waals surface area contributed by atoms with E-state index in [1.54, 1.807) is 0 Å². The lowest BCUT2D eigenvalue weighted by molar-refractivity contribution is 0.0912. The minimum Gasteiger partial charge on any atom is -0.395 e. The molecule has 1 aliphatic carbocycles. The Hall–Kier alpha value is -1.56. The summed E-state index contributed by atoms with van der Waals surface area (Å²) in [5.41, 5.74) is 7.79. The van der Waals surface area contributed by atoms with E-state index in [2.05, 4.69) is 34.3 Å². The maximum absolute atomic E-state index is 12.3. The van der Waals surface area contributed by atoms with E-state index in [4.69, 9.17) is 5.73 Å². The van der Waals surface area contributed by atoms with Gasteiger partial charge >= 0.3 is 0 Å². The van der Waals surface area contributed by atoms with Gasteiger partial charge in [0.2, 0.25) is 0 Å². The van der Waals surface area contributed by atoms with E-state index in [-0.39, 0.29) is 11.9 Å². The van der Waals surface area contributed by atoms with Crippen LogP contribution in [0.3, 0.4) is 0 Å². The van der Waals surface area contributed by atoms with Gasteiger partial charge in [-0.15, -0.1) is 0 Å². The lowest BCUT2D eigenvalue weighted by atomic mass is 10.0. The summed E-state index contributed by atoms with van der Waals surface area (Å²) in [6.07, 6.45) is 2.26. The predicted molar refractivity (Wildman–Crippen MR) is 79.6 cm³/mol. The fourth-order valence-electron chi connectivity index (χ4n) is 2.27. The number of amides is 1. The van der Waals surface area contributed by atoms with E-state index >= 15 is 0 Å². The number of H-pyrrole nitrogens is 1. The molecule has 0 aromatic carbocycles. The number of nitrogens with one attached hydrogen (secondary N) is 2. The highest BCUT2D eigenvalue weighted by Crippen LogP contribution is 2.42. The maximum atomic E-state index is 12.3. The number of nitrogens with zero attached hydrogens (tertiary/aromatic N) is 2. The van der Waals surface area contributed by atoms with Crippen LogP contribution >= 0.6 is 0 Å². The van der Waals surface area contributed by atoms with Crippen molar-refractivity contribution < 1.29 is 4.79 Å². The molecule has 20 heavy (non-hydrogen) atoms. The smallest absolute Gasteiger partial charge is 0.274 e. The minimum absolute atomic E-state index is 0.0815. The third-order valence-electron chi connectivity index (χ3n) is 3.72. The number of aromatic amines is 1. The monoisotopic (exact) mass is 279 g/mol. The van der Waals surface area contributed by atoms with Crippen molar-refractivity contribution in [3.8, 4) is 0 Å². The summed E-state index contributed by atoms with van der Waals surface area (Å²) in [4.78, 5) is 14.4. The van der Waals surface area contributed by atoms with E-state index in [9.17, 15) is 4.79 Å². The van der Waals surface area contributed by atoms with Crippen molar-refractivity contribution in [3.63, 3.8) is 0 Å². The average Bonchev–Trinajstić information content (AvgIpc) is 3.11. The molecule has 6 heteroatoms. The first-order chi connectivity index (χ1) is 9.40. The van der Waals surface area contributed by atoms with Crippen LogP contribution in [0.4, 0.5) is 5.69 Å². The first-order valence-corrected chi connectivity index (χ1v) is 7.19. The molecule has 1 aliphatic rings. The summed E-state index contributed by atoms with van der Waals surface area (Å²) in [6.45, 7) is 4.99. The summed E-state index contributed by atoms with van der Waals surface area (Å²) >= 11 is 0. The zero-order valence-electron chi connectivity index (χ0n) is 12.7. The Morgan fingerprint density at radius 3 is 2.65 bits per heavy atom. The predicted octanol–water partition coefficient (Wildman–Crippen LogP) is 1.19. The zero-order valence-corrected chi connectivity index (χ0v) is 12.7. The Kier molecular flexibility index (Phi) is 4.32. The highest BCUT2D eigenvalue weighted by Gasteiger charge is 2.31. The Morgan fingerprint density at radius 1 is 1.50 bits per heavy atom. The molecule has 1 fully saturated rings. The van der Waals surface area contributed by atoms with E-state index in [1.807, 2.05) is 14.1 Å². The largest absolute Gasteiger partial charge is 0.395 e. The van der Waals surface area contributed by atoms with Gasteiger partial charge < -0.3 is 16.0 Å². The Bertz CT molecular complexity index is 476. The summed E-state index contributed by atoms with van der Waals surface area (Å²) in [5.74, 6) is 0.627. The molecule has 1 aromatic heterocycles. The fourth-order valence-corrected chi connectivity index (χ4v) is 2.27. The number of aromatic nitrogens is 2. The van der Waals surface area contributed by atoms with Gasteiger partial charge in [-0.05, 0) is 32.9 Å². The van der Waals surface area contributed by atoms with Crippen LogP contribution in [-0.4, -0.2) is 47.7 Å². The van der Waals surface area contributed by atoms with Gasteiger partial charge in [-0.25, -0.2) is 0 Å². The second-order valence-electron chi connectivity index (χ2n) is 6.26. The van der Waals surface area contributed by atoms with E-state index in [1.165, 1.54) is 0 Å². The van der Waals surface area contributed by atoms with Crippen LogP contribution in [0.25, 0.3) is 0 Å². The number of likely N-dealkylation sites (N-methyl/N-ethyl adjacent to an activating group) is 1. The van der Waals surface area contributed by atoms with Crippen molar-refractivity contribution >= 4 is 11.6 Å². The lowest BCUT2D eigenvalue weighted by Gasteiger charge is -2.25. The summed E-state index contributed by atoms with van der Waals surface area (Å²) in [5, 5.41) is 10.0. The van der Waals surface area contributed by atoms with Crippen LogP contribution in [0.15, 0.2) is 0 Å². The first-order valence-electron chi connectivity index (χ1n) is 7.19. The number of carbonyl (C=O) groups excluding carboxylic acids is 1. The standard InChI is InChI=1S/C14H25N5O/c1-8(2)10(7-19(3)4)16-14(20)13-11(15)12(17-18-13)9-5-6-9/h8-10H,5-7,15H2,1-4H3,(H,16,20)(H,17,18). The van der Waals surface area contributed by atoms with E-state index in [0.29, 0.717) is 23.2 Å². The third kappa shape index (κ3) is 3.30. The number of hydrogen-bond acceptors (Lipinski definition) is 4. The second-order valence-corrected chi connectivity index (χ2v) is 6.26. The van der Waals surface area contributed by atoms with Crippen molar-refractivity contribution in [2.75, 3.05) is 26.4 Å². The summed E-state index contributed by atoms with van der Waals surface area (Å²) in [7, 11) is 3.99. The average molecular weight is 279 g/mol. The van der Waals surface area contributed by atoms with Gasteiger partial charge in [0.05, 0.1) is 11.4 Å². The van der Waals surface area contributed by atoms with Gasteiger partial charge in [-0.2, -0.15) is 5.10 Å². The molecule has 0 saturated heterocycles. The number of nitrogens with two attached hydrogens (primary N) is 1. The quantitative estimate of drug-likeness (QED) is 0.730. The molecule has 1 saturated carbocycles. The van der Waals surface area contributed by atoms with Crippen molar-refractivity contribution in [1.82, 2.24) is 20.4 Å². The van der Waals surface area contributed by atoms with E-state index in [0.717, 1.165) is 25.1 Å². The van der Waals surface area contributed by atoms with Crippen LogP contribution < -0.4 is 11.1 Å². The summed E-state index contributed by atoms with van der Waals surface area (Å²) < 4.78 is 0. The van der Waals surface area contributed by atoms with Gasteiger partial charge in [0, 0.05) is 18.5 Å². The molecule has 6 nitrogen and oxygen atoms in total. The SMILES string of the molecule is CC(C)C(CN(C)C)NC(=O)c1n[nH]c(C2CC2)c1N. The molecule has 1 heterocycles. The van der Waals surface area contributed by atoms with Crippen LogP contribution in [0.5, 0.6) is 0 Å². The zero-order chi connectivity index (χ0) is 14.9. The molecular weight excluding hydrogens is 254 g/mol. The number of rotatable bonds is 6. The normalized spacial score (nSPS) is 16.7. The van der Waals surface area contributed by atoms with Crippen LogP contribution in [0, 0.1) is 5.92 Å². The van der Waals surface area contributed by atoms with Crippen molar-refractivity contribution in [2.45, 2.75) is 38.6 Å². The molecule has 1 amide bonds. The fraction of sp³-hybridized carbons (Fsp3) is 0.714. The van der Waals surface area contributed by atoms with Crippen molar-refractivity contribution in [3.05, 3.63) is 11.4 Å². The van der Waals surface area contributed by atoms with Gasteiger partial charge in [-0.1, -0.05) is 13.8 Å².